The van der Waals surface area contributed by atoms with Gasteiger partial charge in [-0.05, 0) is 13.0 Å². The third-order valence-electron chi connectivity index (χ3n) is 3.69. The van der Waals surface area contributed by atoms with Gasteiger partial charge in [-0.15, -0.1) is 0 Å². The van der Waals surface area contributed by atoms with Gasteiger partial charge in [0.2, 0.25) is 0 Å². The number of aromatic nitrogens is 1. The van der Waals surface area contributed by atoms with E-state index in [1.807, 2.05) is 11.0 Å². The minimum atomic E-state index is -0.813. The van der Waals surface area contributed by atoms with Crippen LogP contribution in [0.4, 0.5) is 11.4 Å². The summed E-state index contributed by atoms with van der Waals surface area (Å²) in [5, 5.41) is 20.7. The minimum Gasteiger partial charge on any atom is -0.481 e. The largest absolute Gasteiger partial charge is 0.481 e. The van der Waals surface area contributed by atoms with Gasteiger partial charge in [-0.1, -0.05) is 12.1 Å². The van der Waals surface area contributed by atoms with Crippen molar-refractivity contribution >= 4 is 28.2 Å². The van der Waals surface area contributed by atoms with Crippen molar-refractivity contribution in [2.45, 2.75) is 6.92 Å². The number of nitrogens with zero attached hydrogens (tertiary/aromatic N) is 3. The average Bonchev–Trinajstić information content (AvgIpc) is 2.35. The van der Waals surface area contributed by atoms with Crippen LogP contribution in [0.5, 0.6) is 0 Å². The van der Waals surface area contributed by atoms with E-state index < -0.39 is 10.9 Å². The highest BCUT2D eigenvalue weighted by molar-refractivity contribution is 5.97. The van der Waals surface area contributed by atoms with Crippen LogP contribution in [0.15, 0.2) is 24.3 Å². The van der Waals surface area contributed by atoms with Crippen LogP contribution in [0.25, 0.3) is 10.9 Å². The molecule has 0 unspecified atom stereocenters. The number of carboxylic acids is 1. The molecular formula is C14H13N3O4. The molecule has 2 heterocycles. The molecule has 0 radical (unpaired) electrons. The fourth-order valence-electron chi connectivity index (χ4n) is 2.58. The van der Waals surface area contributed by atoms with Crippen molar-refractivity contribution in [1.82, 2.24) is 4.98 Å². The number of rotatable bonds is 3. The Balaban J connectivity index is 2.10. The average molecular weight is 287 g/mol. The molecule has 1 N–H and O–H groups in total. The minimum absolute atomic E-state index is 0.0345. The Bertz CT molecular complexity index is 753. The van der Waals surface area contributed by atoms with E-state index in [1.54, 1.807) is 19.1 Å². The Kier molecular flexibility index (Phi) is 2.97. The molecule has 3 rings (SSSR count). The molecule has 0 amide bonds. The van der Waals surface area contributed by atoms with Gasteiger partial charge in [-0.3, -0.25) is 14.9 Å². The zero-order chi connectivity index (χ0) is 15.1. The van der Waals surface area contributed by atoms with Crippen molar-refractivity contribution in [1.29, 1.82) is 0 Å². The predicted octanol–water partition coefficient (Wildman–Crippen LogP) is 1.97. The molecule has 0 saturated carbocycles. The standard InChI is InChI=1S/C14H13N3O4/c1-8-5-12(16-6-9(7-16)14(18)19)10-3-2-4-11(17(20)21)13(10)15-8/h2-5,9H,6-7H2,1H3,(H,18,19). The van der Waals surface area contributed by atoms with Crippen LogP contribution < -0.4 is 4.90 Å². The predicted molar refractivity (Wildman–Crippen MR) is 76.5 cm³/mol. The van der Waals surface area contributed by atoms with E-state index in [0.29, 0.717) is 29.7 Å². The first-order valence-corrected chi connectivity index (χ1v) is 6.50. The molecule has 0 aliphatic carbocycles. The molecule has 7 nitrogen and oxygen atoms in total. The number of carboxylic acid groups (broad SMARTS) is 1. The Morgan fingerprint density at radius 2 is 2.19 bits per heavy atom. The van der Waals surface area contributed by atoms with Gasteiger partial charge in [0.1, 0.15) is 0 Å². The van der Waals surface area contributed by atoms with Crippen molar-refractivity contribution in [3.63, 3.8) is 0 Å². The quantitative estimate of drug-likeness (QED) is 0.684. The highest BCUT2D eigenvalue weighted by Gasteiger charge is 2.34. The third-order valence-corrected chi connectivity index (χ3v) is 3.69. The smallest absolute Gasteiger partial charge is 0.310 e. The van der Waals surface area contributed by atoms with Crippen LogP contribution in [0.2, 0.25) is 0 Å². The summed E-state index contributed by atoms with van der Waals surface area (Å²) in [6.45, 7) is 2.60. The molecule has 1 saturated heterocycles. The molecule has 1 aliphatic rings. The van der Waals surface area contributed by atoms with Crippen LogP contribution >= 0.6 is 0 Å². The van der Waals surface area contributed by atoms with E-state index >= 15 is 0 Å². The van der Waals surface area contributed by atoms with E-state index in [2.05, 4.69) is 4.98 Å². The Hall–Kier alpha value is -2.70. The normalized spacial score (nSPS) is 15.0. The van der Waals surface area contributed by atoms with Crippen molar-refractivity contribution in [2.24, 2.45) is 5.92 Å². The lowest BCUT2D eigenvalue weighted by Gasteiger charge is -2.39. The van der Waals surface area contributed by atoms with Gasteiger partial charge in [0.05, 0.1) is 10.8 Å². The van der Waals surface area contributed by atoms with Gasteiger partial charge in [-0.25, -0.2) is 4.98 Å². The molecule has 0 spiro atoms. The van der Waals surface area contributed by atoms with Crippen LogP contribution in [0, 0.1) is 23.0 Å². The number of aliphatic carboxylic acids is 1. The van der Waals surface area contributed by atoms with E-state index in [1.165, 1.54) is 6.07 Å². The molecule has 1 aromatic heterocycles. The van der Waals surface area contributed by atoms with Gasteiger partial charge in [0.25, 0.3) is 5.69 Å². The second-order valence-corrected chi connectivity index (χ2v) is 5.15. The molecular weight excluding hydrogens is 274 g/mol. The van der Waals surface area contributed by atoms with Crippen molar-refractivity contribution in [3.05, 3.63) is 40.1 Å². The number of hydrogen-bond acceptors (Lipinski definition) is 5. The summed E-state index contributed by atoms with van der Waals surface area (Å²) in [7, 11) is 0. The molecule has 2 aromatic rings. The summed E-state index contributed by atoms with van der Waals surface area (Å²) in [4.78, 5) is 27.7. The number of para-hydroxylation sites is 1. The van der Waals surface area contributed by atoms with Gasteiger partial charge < -0.3 is 10.0 Å². The maximum atomic E-state index is 11.1. The van der Waals surface area contributed by atoms with Crippen LogP contribution in [-0.2, 0) is 4.79 Å². The number of fused-ring (bicyclic) bond motifs is 1. The zero-order valence-corrected chi connectivity index (χ0v) is 11.3. The number of hydrogen-bond donors (Lipinski definition) is 1. The lowest BCUT2D eigenvalue weighted by Crippen LogP contribution is -2.50. The number of carbonyl (C=O) groups is 1. The van der Waals surface area contributed by atoms with Gasteiger partial charge in [0, 0.05) is 35.9 Å². The third kappa shape index (κ3) is 2.16. The number of pyridine rings is 1. The molecule has 108 valence electrons. The molecule has 1 aromatic carbocycles. The Morgan fingerprint density at radius 1 is 1.48 bits per heavy atom. The van der Waals surface area contributed by atoms with E-state index in [-0.39, 0.29) is 11.6 Å². The van der Waals surface area contributed by atoms with Crippen LogP contribution in [0.3, 0.4) is 0 Å². The molecule has 1 fully saturated rings. The highest BCUT2D eigenvalue weighted by atomic mass is 16.6. The summed E-state index contributed by atoms with van der Waals surface area (Å²) >= 11 is 0. The summed E-state index contributed by atoms with van der Waals surface area (Å²) < 4.78 is 0. The van der Waals surface area contributed by atoms with Gasteiger partial charge >= 0.3 is 5.97 Å². The lowest BCUT2D eigenvalue weighted by molar-refractivity contribution is -0.383. The van der Waals surface area contributed by atoms with E-state index in [4.69, 9.17) is 5.11 Å². The first-order chi connectivity index (χ1) is 9.97. The van der Waals surface area contributed by atoms with Crippen molar-refractivity contribution in [2.75, 3.05) is 18.0 Å². The SMILES string of the molecule is Cc1cc(N2CC(C(=O)O)C2)c2cccc([N+](=O)[O-])c2n1. The number of anilines is 1. The van der Waals surface area contributed by atoms with Crippen LogP contribution in [-0.4, -0.2) is 34.1 Å². The molecule has 0 bridgehead atoms. The zero-order valence-electron chi connectivity index (χ0n) is 11.3. The monoisotopic (exact) mass is 287 g/mol. The number of non-ortho nitro benzene ring substituents is 1. The fraction of sp³-hybridized carbons (Fsp3) is 0.286. The summed E-state index contributed by atoms with van der Waals surface area (Å²) in [5.41, 5.74) is 1.79. The molecule has 7 heteroatoms. The molecule has 0 atom stereocenters. The Morgan fingerprint density at radius 3 is 2.81 bits per heavy atom. The first-order valence-electron chi connectivity index (χ1n) is 6.50. The summed E-state index contributed by atoms with van der Waals surface area (Å²) in [6.07, 6.45) is 0. The van der Waals surface area contributed by atoms with Gasteiger partial charge in [-0.2, -0.15) is 0 Å². The number of benzene rings is 1. The van der Waals surface area contributed by atoms with Crippen molar-refractivity contribution < 1.29 is 14.8 Å². The lowest BCUT2D eigenvalue weighted by atomic mass is 9.98. The topological polar surface area (TPSA) is 96.6 Å². The Labute approximate surface area is 120 Å². The number of nitro groups is 1. The highest BCUT2D eigenvalue weighted by Crippen LogP contribution is 2.35. The first kappa shape index (κ1) is 13.3. The van der Waals surface area contributed by atoms with Gasteiger partial charge in [0.15, 0.2) is 5.52 Å². The maximum Gasteiger partial charge on any atom is 0.310 e. The van der Waals surface area contributed by atoms with Crippen LogP contribution in [0.1, 0.15) is 5.69 Å². The van der Waals surface area contributed by atoms with E-state index in [9.17, 15) is 14.9 Å². The molecule has 21 heavy (non-hydrogen) atoms. The second-order valence-electron chi connectivity index (χ2n) is 5.15. The number of aryl methyl sites for hydroxylation is 1. The maximum absolute atomic E-state index is 11.1. The second kappa shape index (κ2) is 4.69. The summed E-state index contributed by atoms with van der Waals surface area (Å²) in [5.74, 6) is -1.19. The fourth-order valence-corrected chi connectivity index (χ4v) is 2.58. The number of nitro benzene ring substituents is 1. The summed E-state index contributed by atoms with van der Waals surface area (Å²) in [6, 6.07) is 6.66. The van der Waals surface area contributed by atoms with Crippen molar-refractivity contribution in [3.8, 4) is 0 Å². The van der Waals surface area contributed by atoms with E-state index in [0.717, 1.165) is 5.69 Å². The molecule has 1 aliphatic heterocycles.